The number of carboxylic acid groups (broad SMARTS) is 2. The molecule has 4 aromatic rings. The molecule has 3 aromatic carbocycles. The summed E-state index contributed by atoms with van der Waals surface area (Å²) in [7, 11) is 0. The van der Waals surface area contributed by atoms with Crippen molar-refractivity contribution in [2.75, 3.05) is 6.61 Å². The summed E-state index contributed by atoms with van der Waals surface area (Å²) in [5.74, 6) is -0.933. The summed E-state index contributed by atoms with van der Waals surface area (Å²) in [6, 6.07) is 19.9. The Kier molecular flexibility index (Phi) is 10.3. The third-order valence-electron chi connectivity index (χ3n) is 7.44. The number of rotatable bonds is 14. The Bertz CT molecular complexity index is 1550. The number of para-hydroxylation sites is 1. The number of aromatic nitrogens is 1. The molecule has 1 aromatic heterocycles. The number of nitrogens with zero attached hydrogens (tertiary/aromatic N) is 1. The predicted molar refractivity (Wildman–Crippen MR) is 165 cm³/mol. The fourth-order valence-electron chi connectivity index (χ4n) is 5.22. The molecule has 0 atom stereocenters. The van der Waals surface area contributed by atoms with Crippen molar-refractivity contribution >= 4 is 46.6 Å². The summed E-state index contributed by atoms with van der Waals surface area (Å²) in [5.41, 5.74) is 7.05. The number of halogens is 1. The van der Waals surface area contributed by atoms with Gasteiger partial charge in [-0.1, -0.05) is 66.2 Å². The number of benzene rings is 3. The van der Waals surface area contributed by atoms with Gasteiger partial charge in [0.1, 0.15) is 12.3 Å². The van der Waals surface area contributed by atoms with Crippen molar-refractivity contribution in [3.8, 4) is 5.75 Å². The van der Waals surface area contributed by atoms with Gasteiger partial charge in [-0.2, -0.15) is 0 Å². The average molecular weight is 574 g/mol. The first-order valence-electron chi connectivity index (χ1n) is 13.9. The molecule has 0 radical (unpaired) electrons. The molecular formula is C34H36ClNO5. The molecule has 41 heavy (non-hydrogen) atoms. The molecule has 0 unspecified atom stereocenters. The molecule has 0 aliphatic carbocycles. The zero-order chi connectivity index (χ0) is 29.4. The van der Waals surface area contributed by atoms with Crippen LogP contribution in [-0.2, 0) is 29.0 Å². The van der Waals surface area contributed by atoms with Crippen LogP contribution in [0.25, 0.3) is 23.1 Å². The van der Waals surface area contributed by atoms with E-state index in [0.717, 1.165) is 68.9 Å². The molecule has 6 nitrogen and oxygen atoms in total. The molecule has 0 amide bonds. The van der Waals surface area contributed by atoms with Crippen LogP contribution in [0.1, 0.15) is 59.2 Å². The quantitative estimate of drug-likeness (QED) is 0.118. The lowest BCUT2D eigenvalue weighted by molar-refractivity contribution is -0.138. The standard InChI is InChI=1S/C34H36ClNO5/c1-23-26(9-6-13-31(23)35)8-3-4-21-41-28-19-16-25(17-20-28)15-18-27-10-5-12-30-29(11-7-14-32(37)38)24(2)36(34(27)30)22-33(39)40/h5-6,9-10,12-13,15-20H,3-4,7-8,11,14,21-22H2,1-2H3,(H,37,38)(H,39,40). The second kappa shape index (κ2) is 14.0. The summed E-state index contributed by atoms with van der Waals surface area (Å²) in [4.78, 5) is 22.7. The molecule has 0 fully saturated rings. The molecule has 4 rings (SSSR count). The second-order valence-corrected chi connectivity index (χ2v) is 10.7. The highest BCUT2D eigenvalue weighted by molar-refractivity contribution is 6.31. The third kappa shape index (κ3) is 7.80. The van der Waals surface area contributed by atoms with Gasteiger partial charge in [0.15, 0.2) is 0 Å². The Labute approximate surface area is 245 Å². The number of carboxylic acids is 2. The second-order valence-electron chi connectivity index (χ2n) is 10.3. The Morgan fingerprint density at radius 1 is 0.878 bits per heavy atom. The largest absolute Gasteiger partial charge is 0.494 e. The normalized spacial score (nSPS) is 11.4. The molecule has 0 saturated carbocycles. The fourth-order valence-corrected chi connectivity index (χ4v) is 5.42. The Hall–Kier alpha value is -4.03. The van der Waals surface area contributed by atoms with E-state index in [2.05, 4.69) is 13.0 Å². The van der Waals surface area contributed by atoms with Gasteiger partial charge in [0.05, 0.1) is 12.1 Å². The first-order valence-corrected chi connectivity index (χ1v) is 14.3. The highest BCUT2D eigenvalue weighted by Gasteiger charge is 2.18. The highest BCUT2D eigenvalue weighted by Crippen LogP contribution is 2.31. The first-order chi connectivity index (χ1) is 19.7. The van der Waals surface area contributed by atoms with Crippen molar-refractivity contribution in [1.82, 2.24) is 4.57 Å². The maximum atomic E-state index is 11.7. The smallest absolute Gasteiger partial charge is 0.323 e. The van der Waals surface area contributed by atoms with E-state index in [0.29, 0.717) is 19.4 Å². The van der Waals surface area contributed by atoms with E-state index < -0.39 is 11.9 Å². The van der Waals surface area contributed by atoms with Crippen molar-refractivity contribution in [3.63, 3.8) is 0 Å². The maximum absolute atomic E-state index is 11.7. The van der Waals surface area contributed by atoms with Gasteiger partial charge >= 0.3 is 11.9 Å². The molecule has 0 aliphatic heterocycles. The van der Waals surface area contributed by atoms with Crippen LogP contribution in [0.3, 0.4) is 0 Å². The van der Waals surface area contributed by atoms with Crippen LogP contribution >= 0.6 is 11.6 Å². The molecule has 0 aliphatic rings. The minimum absolute atomic E-state index is 0.0764. The van der Waals surface area contributed by atoms with E-state index in [9.17, 15) is 14.7 Å². The number of hydrogen-bond acceptors (Lipinski definition) is 3. The van der Waals surface area contributed by atoms with Crippen LogP contribution in [0, 0.1) is 13.8 Å². The van der Waals surface area contributed by atoms with Crippen LogP contribution < -0.4 is 4.74 Å². The zero-order valence-corrected chi connectivity index (χ0v) is 24.3. The minimum Gasteiger partial charge on any atom is -0.494 e. The van der Waals surface area contributed by atoms with Gasteiger partial charge in [-0.3, -0.25) is 9.59 Å². The van der Waals surface area contributed by atoms with Gasteiger partial charge in [0, 0.05) is 22.5 Å². The maximum Gasteiger partial charge on any atom is 0.323 e. The minimum atomic E-state index is -0.920. The molecular weight excluding hydrogens is 538 g/mol. The summed E-state index contributed by atoms with van der Waals surface area (Å²) in [6.07, 6.45) is 8.11. The number of fused-ring (bicyclic) bond motifs is 1. The van der Waals surface area contributed by atoms with E-state index in [1.54, 1.807) is 0 Å². The Balaban J connectivity index is 1.41. The van der Waals surface area contributed by atoms with Crippen LogP contribution in [0.5, 0.6) is 5.75 Å². The summed E-state index contributed by atoms with van der Waals surface area (Å²) in [6.45, 7) is 4.45. The van der Waals surface area contributed by atoms with Crippen LogP contribution in [0.15, 0.2) is 60.7 Å². The number of carbonyl (C=O) groups is 2. The Morgan fingerprint density at radius 2 is 1.63 bits per heavy atom. The first kappa shape index (κ1) is 29.9. The molecule has 0 spiro atoms. The lowest BCUT2D eigenvalue weighted by atomic mass is 10.0. The highest BCUT2D eigenvalue weighted by atomic mass is 35.5. The van der Waals surface area contributed by atoms with E-state index in [4.69, 9.17) is 21.4 Å². The van der Waals surface area contributed by atoms with E-state index >= 15 is 0 Å². The Morgan fingerprint density at radius 3 is 2.37 bits per heavy atom. The van der Waals surface area contributed by atoms with Gasteiger partial charge in [0.2, 0.25) is 0 Å². The van der Waals surface area contributed by atoms with Gasteiger partial charge in [0.25, 0.3) is 0 Å². The zero-order valence-electron chi connectivity index (χ0n) is 23.5. The molecule has 0 saturated heterocycles. The van der Waals surface area contributed by atoms with Crippen molar-refractivity contribution in [3.05, 3.63) is 99.2 Å². The summed E-state index contributed by atoms with van der Waals surface area (Å²) >= 11 is 6.22. The molecule has 1 heterocycles. The average Bonchev–Trinajstić information content (AvgIpc) is 3.20. The predicted octanol–water partition coefficient (Wildman–Crippen LogP) is 7.98. The van der Waals surface area contributed by atoms with Crippen LogP contribution in [0.2, 0.25) is 5.02 Å². The van der Waals surface area contributed by atoms with Crippen molar-refractivity contribution < 1.29 is 24.5 Å². The number of ether oxygens (including phenoxy) is 1. The van der Waals surface area contributed by atoms with Crippen molar-refractivity contribution in [2.45, 2.75) is 58.9 Å². The topological polar surface area (TPSA) is 88.8 Å². The molecule has 7 heteroatoms. The van der Waals surface area contributed by atoms with E-state index in [1.807, 2.05) is 78.2 Å². The van der Waals surface area contributed by atoms with Gasteiger partial charge in [-0.05, 0) is 92.0 Å². The fraction of sp³-hybridized carbons (Fsp3) is 0.294. The van der Waals surface area contributed by atoms with Gasteiger partial charge < -0.3 is 19.5 Å². The molecule has 0 bridgehead atoms. The van der Waals surface area contributed by atoms with Crippen LogP contribution in [-0.4, -0.2) is 33.3 Å². The van der Waals surface area contributed by atoms with E-state index in [1.165, 1.54) is 5.56 Å². The van der Waals surface area contributed by atoms with E-state index in [-0.39, 0.29) is 13.0 Å². The summed E-state index contributed by atoms with van der Waals surface area (Å²) in [5, 5.41) is 20.4. The van der Waals surface area contributed by atoms with Crippen molar-refractivity contribution in [2.24, 2.45) is 0 Å². The molecule has 2 N–H and O–H groups in total. The number of aliphatic carboxylic acids is 2. The number of hydrogen-bond donors (Lipinski definition) is 2. The monoisotopic (exact) mass is 573 g/mol. The number of aryl methyl sites for hydroxylation is 2. The van der Waals surface area contributed by atoms with Gasteiger partial charge in [-0.25, -0.2) is 0 Å². The van der Waals surface area contributed by atoms with Gasteiger partial charge in [-0.15, -0.1) is 0 Å². The lowest BCUT2D eigenvalue weighted by Gasteiger charge is -2.09. The molecule has 214 valence electrons. The third-order valence-corrected chi connectivity index (χ3v) is 7.85. The van der Waals surface area contributed by atoms with Crippen LogP contribution in [0.4, 0.5) is 0 Å². The van der Waals surface area contributed by atoms with Crippen molar-refractivity contribution in [1.29, 1.82) is 0 Å². The number of unbranched alkanes of at least 4 members (excludes halogenated alkanes) is 1. The summed E-state index contributed by atoms with van der Waals surface area (Å²) < 4.78 is 7.76. The SMILES string of the molecule is Cc1c(Cl)cccc1CCCCOc1ccc(C=Cc2cccc3c(CCCC(=O)O)c(C)n(CC(=O)O)c23)cc1. The lowest BCUT2D eigenvalue weighted by Crippen LogP contribution is -2.10.